The number of hydrogen-bond acceptors (Lipinski definition) is 2. The molecule has 15 heavy (non-hydrogen) atoms. The SMILES string of the molecule is COc1ccc(C2=CC=C[CH]2)c(OC)c1. The first-order valence-corrected chi connectivity index (χ1v) is 4.79. The Morgan fingerprint density at radius 1 is 1.00 bits per heavy atom. The second-order valence-electron chi connectivity index (χ2n) is 3.24. The van der Waals surface area contributed by atoms with E-state index in [1.165, 1.54) is 0 Å². The Balaban J connectivity index is 2.38. The van der Waals surface area contributed by atoms with E-state index in [-0.39, 0.29) is 0 Å². The van der Waals surface area contributed by atoms with E-state index < -0.39 is 0 Å². The van der Waals surface area contributed by atoms with E-state index in [0.29, 0.717) is 0 Å². The maximum atomic E-state index is 5.33. The summed E-state index contributed by atoms with van der Waals surface area (Å²) in [6.07, 6.45) is 8.15. The third-order valence-corrected chi connectivity index (χ3v) is 2.38. The highest BCUT2D eigenvalue weighted by Gasteiger charge is 2.10. The van der Waals surface area contributed by atoms with Crippen LogP contribution in [0, 0.1) is 6.42 Å². The fourth-order valence-corrected chi connectivity index (χ4v) is 1.59. The molecule has 2 nitrogen and oxygen atoms in total. The summed E-state index contributed by atoms with van der Waals surface area (Å²) in [6.45, 7) is 0. The van der Waals surface area contributed by atoms with Gasteiger partial charge in [0.25, 0.3) is 0 Å². The standard InChI is InChI=1S/C13H13O2/c1-14-11-7-8-12(13(9-11)15-2)10-5-3-4-6-10/h3-9H,1-2H3. The van der Waals surface area contributed by atoms with Crippen LogP contribution >= 0.6 is 0 Å². The lowest BCUT2D eigenvalue weighted by molar-refractivity contribution is 0.393. The quantitative estimate of drug-likeness (QED) is 0.748. The van der Waals surface area contributed by atoms with Gasteiger partial charge in [0.2, 0.25) is 0 Å². The Morgan fingerprint density at radius 3 is 2.47 bits per heavy atom. The molecule has 0 heterocycles. The molecule has 1 radical (unpaired) electrons. The minimum absolute atomic E-state index is 0.808. The zero-order valence-corrected chi connectivity index (χ0v) is 8.86. The number of allylic oxidation sites excluding steroid dienone is 4. The van der Waals surface area contributed by atoms with Crippen LogP contribution in [0.25, 0.3) is 5.57 Å². The average molecular weight is 201 g/mol. The van der Waals surface area contributed by atoms with E-state index in [1.807, 2.05) is 30.4 Å². The normalized spacial score (nSPS) is 13.9. The number of methoxy groups -OCH3 is 2. The molecule has 0 fully saturated rings. The van der Waals surface area contributed by atoms with Gasteiger partial charge in [-0.25, -0.2) is 0 Å². The van der Waals surface area contributed by atoms with Crippen LogP contribution in [0.15, 0.2) is 36.4 Å². The zero-order valence-electron chi connectivity index (χ0n) is 8.86. The predicted molar refractivity (Wildman–Crippen MR) is 61.0 cm³/mol. The summed E-state index contributed by atoms with van der Waals surface area (Å²) in [4.78, 5) is 0. The van der Waals surface area contributed by atoms with Gasteiger partial charge in [-0.2, -0.15) is 0 Å². The molecule has 0 saturated heterocycles. The molecule has 0 unspecified atom stereocenters. The van der Waals surface area contributed by atoms with Gasteiger partial charge in [-0.05, 0) is 17.7 Å². The van der Waals surface area contributed by atoms with Crippen LogP contribution in [0.5, 0.6) is 11.5 Å². The second-order valence-corrected chi connectivity index (χ2v) is 3.24. The molecule has 2 rings (SSSR count). The van der Waals surface area contributed by atoms with Gasteiger partial charge >= 0.3 is 0 Å². The molecular weight excluding hydrogens is 188 g/mol. The highest BCUT2D eigenvalue weighted by atomic mass is 16.5. The third kappa shape index (κ3) is 1.89. The molecule has 1 aromatic carbocycles. The third-order valence-electron chi connectivity index (χ3n) is 2.38. The smallest absolute Gasteiger partial charge is 0.130 e. The first-order chi connectivity index (χ1) is 7.35. The van der Waals surface area contributed by atoms with Crippen molar-refractivity contribution in [3.05, 3.63) is 48.4 Å². The maximum Gasteiger partial charge on any atom is 0.130 e. The Bertz CT molecular complexity index is 417. The van der Waals surface area contributed by atoms with Crippen molar-refractivity contribution in [2.75, 3.05) is 14.2 Å². The molecule has 2 heteroatoms. The fraction of sp³-hybridized carbons (Fsp3) is 0.154. The molecule has 0 amide bonds. The van der Waals surface area contributed by atoms with Crippen LogP contribution in [0.1, 0.15) is 5.56 Å². The summed E-state index contributed by atoms with van der Waals surface area (Å²) >= 11 is 0. The first-order valence-electron chi connectivity index (χ1n) is 4.79. The number of hydrogen-bond donors (Lipinski definition) is 0. The summed E-state index contributed by atoms with van der Waals surface area (Å²) in [5.41, 5.74) is 2.25. The summed E-state index contributed by atoms with van der Waals surface area (Å²) in [5.74, 6) is 1.64. The van der Waals surface area contributed by atoms with Crippen molar-refractivity contribution in [2.45, 2.75) is 0 Å². The van der Waals surface area contributed by atoms with Crippen LogP contribution in [0.3, 0.4) is 0 Å². The summed E-state index contributed by atoms with van der Waals surface area (Å²) < 4.78 is 10.5. The van der Waals surface area contributed by atoms with Gasteiger partial charge in [-0.1, -0.05) is 18.2 Å². The molecule has 0 bridgehead atoms. The van der Waals surface area contributed by atoms with Gasteiger partial charge in [0.15, 0.2) is 0 Å². The second kappa shape index (κ2) is 4.22. The number of benzene rings is 1. The highest BCUT2D eigenvalue weighted by Crippen LogP contribution is 2.33. The monoisotopic (exact) mass is 201 g/mol. The van der Waals surface area contributed by atoms with Crippen LogP contribution in [-0.2, 0) is 0 Å². The van der Waals surface area contributed by atoms with Crippen LogP contribution < -0.4 is 9.47 Å². The van der Waals surface area contributed by atoms with E-state index in [9.17, 15) is 0 Å². The minimum atomic E-state index is 0.808. The molecule has 1 aromatic rings. The van der Waals surface area contributed by atoms with E-state index in [0.717, 1.165) is 22.6 Å². The van der Waals surface area contributed by atoms with Crippen molar-refractivity contribution in [1.29, 1.82) is 0 Å². The van der Waals surface area contributed by atoms with Gasteiger partial charge in [-0.3, -0.25) is 0 Å². The largest absolute Gasteiger partial charge is 0.497 e. The van der Waals surface area contributed by atoms with Crippen molar-refractivity contribution in [3.63, 3.8) is 0 Å². The van der Waals surface area contributed by atoms with Crippen molar-refractivity contribution in [2.24, 2.45) is 0 Å². The fourth-order valence-electron chi connectivity index (χ4n) is 1.59. The van der Waals surface area contributed by atoms with Gasteiger partial charge in [0.1, 0.15) is 11.5 Å². The van der Waals surface area contributed by atoms with Gasteiger partial charge in [-0.15, -0.1) is 0 Å². The van der Waals surface area contributed by atoms with Crippen molar-refractivity contribution in [1.82, 2.24) is 0 Å². The average Bonchev–Trinajstić information content (AvgIpc) is 2.81. The Labute approximate surface area is 89.8 Å². The molecule has 0 aromatic heterocycles. The molecule has 77 valence electrons. The molecule has 0 atom stereocenters. The predicted octanol–water partition coefficient (Wildman–Crippen LogP) is 2.86. The van der Waals surface area contributed by atoms with Crippen molar-refractivity contribution >= 4 is 5.57 Å². The maximum absolute atomic E-state index is 5.33. The number of ether oxygens (including phenoxy) is 2. The number of rotatable bonds is 3. The molecule has 0 saturated carbocycles. The Hall–Kier alpha value is -1.70. The molecule has 0 spiro atoms. The van der Waals surface area contributed by atoms with E-state index in [1.54, 1.807) is 14.2 Å². The topological polar surface area (TPSA) is 18.5 Å². The lowest BCUT2D eigenvalue weighted by Gasteiger charge is -2.10. The molecule has 1 aliphatic carbocycles. The van der Waals surface area contributed by atoms with Gasteiger partial charge in [0, 0.05) is 18.1 Å². The molecule has 1 aliphatic rings. The van der Waals surface area contributed by atoms with E-state index in [4.69, 9.17) is 9.47 Å². The first kappa shape index (κ1) is 9.84. The summed E-state index contributed by atoms with van der Waals surface area (Å²) in [7, 11) is 3.32. The van der Waals surface area contributed by atoms with E-state index >= 15 is 0 Å². The van der Waals surface area contributed by atoms with E-state index in [2.05, 4.69) is 12.5 Å². The Morgan fingerprint density at radius 2 is 1.87 bits per heavy atom. The summed E-state index contributed by atoms with van der Waals surface area (Å²) in [6, 6.07) is 5.83. The van der Waals surface area contributed by atoms with Crippen LogP contribution in [-0.4, -0.2) is 14.2 Å². The summed E-state index contributed by atoms with van der Waals surface area (Å²) in [5, 5.41) is 0. The lowest BCUT2D eigenvalue weighted by atomic mass is 10.0. The van der Waals surface area contributed by atoms with Crippen molar-refractivity contribution in [3.8, 4) is 11.5 Å². The lowest BCUT2D eigenvalue weighted by Crippen LogP contribution is -1.92. The van der Waals surface area contributed by atoms with Crippen molar-refractivity contribution < 1.29 is 9.47 Å². The van der Waals surface area contributed by atoms with Crippen LogP contribution in [0.2, 0.25) is 0 Å². The highest BCUT2D eigenvalue weighted by molar-refractivity contribution is 5.81. The van der Waals surface area contributed by atoms with Gasteiger partial charge < -0.3 is 9.47 Å². The zero-order chi connectivity index (χ0) is 10.7. The Kier molecular flexibility index (Phi) is 2.77. The minimum Gasteiger partial charge on any atom is -0.497 e. The van der Waals surface area contributed by atoms with Gasteiger partial charge in [0.05, 0.1) is 14.2 Å². The molecule has 0 aliphatic heterocycles. The molecule has 0 N–H and O–H groups in total. The molecular formula is C13H13O2. The van der Waals surface area contributed by atoms with Crippen LogP contribution in [0.4, 0.5) is 0 Å².